The molecular formula is C15H26F2O. The van der Waals surface area contributed by atoms with Gasteiger partial charge < -0.3 is 0 Å². The topological polar surface area (TPSA) is 17.1 Å². The van der Waals surface area contributed by atoms with Gasteiger partial charge >= 0.3 is 0 Å². The highest BCUT2D eigenvalue weighted by atomic mass is 19.3. The average molecular weight is 260 g/mol. The molecule has 0 amide bonds. The number of Topliss-reactive ketones (excluding diaryl/α,β-unsaturated/α-hetero) is 1. The fourth-order valence-electron chi connectivity index (χ4n) is 3.06. The van der Waals surface area contributed by atoms with E-state index < -0.39 is 5.92 Å². The lowest BCUT2D eigenvalue weighted by molar-refractivity contribution is -0.126. The quantitative estimate of drug-likeness (QED) is 0.630. The van der Waals surface area contributed by atoms with E-state index >= 15 is 0 Å². The Labute approximate surface area is 109 Å². The molecule has 0 heterocycles. The standard InChI is InChI=1S/C15H26F2O/c1-3-6-13(7-4-2)14(18)10-12-8-5-9-15(16,17)11-12/h12-13H,3-11H2,1-2H3. The van der Waals surface area contributed by atoms with Crippen molar-refractivity contribution in [3.05, 3.63) is 0 Å². The highest BCUT2D eigenvalue weighted by Crippen LogP contribution is 2.38. The third kappa shape index (κ3) is 5.03. The van der Waals surface area contributed by atoms with Gasteiger partial charge in [0.25, 0.3) is 0 Å². The van der Waals surface area contributed by atoms with Gasteiger partial charge in [0.05, 0.1) is 0 Å². The van der Waals surface area contributed by atoms with Gasteiger partial charge in [-0.15, -0.1) is 0 Å². The maximum atomic E-state index is 13.3. The van der Waals surface area contributed by atoms with Gasteiger partial charge in [-0.25, -0.2) is 8.78 Å². The van der Waals surface area contributed by atoms with Gasteiger partial charge in [-0.1, -0.05) is 26.7 Å². The molecule has 0 bridgehead atoms. The minimum Gasteiger partial charge on any atom is -0.299 e. The van der Waals surface area contributed by atoms with Gasteiger partial charge in [0.1, 0.15) is 5.78 Å². The summed E-state index contributed by atoms with van der Waals surface area (Å²) < 4.78 is 26.6. The van der Waals surface area contributed by atoms with Gasteiger partial charge in [0.15, 0.2) is 0 Å². The molecule has 3 heteroatoms. The Morgan fingerprint density at radius 3 is 2.39 bits per heavy atom. The molecule has 1 unspecified atom stereocenters. The first-order chi connectivity index (χ1) is 8.48. The normalized spacial score (nSPS) is 23.3. The van der Waals surface area contributed by atoms with Crippen LogP contribution < -0.4 is 0 Å². The van der Waals surface area contributed by atoms with E-state index in [-0.39, 0.29) is 30.5 Å². The lowest BCUT2D eigenvalue weighted by atomic mass is 9.80. The van der Waals surface area contributed by atoms with Crippen LogP contribution in [0.15, 0.2) is 0 Å². The van der Waals surface area contributed by atoms with Crippen molar-refractivity contribution < 1.29 is 13.6 Å². The van der Waals surface area contributed by atoms with Crippen LogP contribution in [0.2, 0.25) is 0 Å². The Hall–Kier alpha value is -0.470. The molecule has 0 N–H and O–H groups in total. The fourth-order valence-corrected chi connectivity index (χ4v) is 3.06. The molecule has 0 aromatic carbocycles. The van der Waals surface area contributed by atoms with Crippen LogP contribution in [0, 0.1) is 11.8 Å². The first-order valence-corrected chi connectivity index (χ1v) is 7.39. The predicted octanol–water partition coefficient (Wildman–Crippen LogP) is 4.99. The van der Waals surface area contributed by atoms with Crippen molar-refractivity contribution in [1.29, 1.82) is 0 Å². The molecule has 1 rings (SSSR count). The summed E-state index contributed by atoms with van der Waals surface area (Å²) in [6, 6.07) is 0. The first-order valence-electron chi connectivity index (χ1n) is 7.39. The zero-order valence-corrected chi connectivity index (χ0v) is 11.7. The Morgan fingerprint density at radius 2 is 1.89 bits per heavy atom. The van der Waals surface area contributed by atoms with Crippen molar-refractivity contribution in [3.63, 3.8) is 0 Å². The van der Waals surface area contributed by atoms with Crippen molar-refractivity contribution in [1.82, 2.24) is 0 Å². The van der Waals surface area contributed by atoms with Crippen LogP contribution in [-0.4, -0.2) is 11.7 Å². The Bertz CT molecular complexity index is 257. The molecule has 1 fully saturated rings. The highest BCUT2D eigenvalue weighted by Gasteiger charge is 2.37. The number of carbonyl (C=O) groups excluding carboxylic acids is 1. The fraction of sp³-hybridized carbons (Fsp3) is 0.933. The number of hydrogen-bond acceptors (Lipinski definition) is 1. The Morgan fingerprint density at radius 1 is 1.28 bits per heavy atom. The summed E-state index contributed by atoms with van der Waals surface area (Å²) in [4.78, 5) is 12.2. The summed E-state index contributed by atoms with van der Waals surface area (Å²) in [5.74, 6) is -2.29. The largest absolute Gasteiger partial charge is 0.299 e. The van der Waals surface area contributed by atoms with E-state index in [1.807, 2.05) is 0 Å². The Kier molecular flexibility index (Phi) is 6.24. The minimum atomic E-state index is -2.53. The monoisotopic (exact) mass is 260 g/mol. The second kappa shape index (κ2) is 7.20. The van der Waals surface area contributed by atoms with Crippen LogP contribution >= 0.6 is 0 Å². The van der Waals surface area contributed by atoms with Gasteiger partial charge in [-0.05, 0) is 31.6 Å². The van der Waals surface area contributed by atoms with Crippen LogP contribution in [0.5, 0.6) is 0 Å². The molecule has 0 aromatic heterocycles. The molecule has 0 spiro atoms. The number of rotatable bonds is 7. The van der Waals surface area contributed by atoms with Crippen LogP contribution in [0.3, 0.4) is 0 Å². The summed E-state index contributed by atoms with van der Waals surface area (Å²) in [7, 11) is 0. The third-order valence-electron chi connectivity index (χ3n) is 3.96. The van der Waals surface area contributed by atoms with E-state index in [0.29, 0.717) is 12.8 Å². The Balaban J connectivity index is 2.46. The molecule has 1 saturated carbocycles. The minimum absolute atomic E-state index is 0.00500. The molecule has 1 aliphatic rings. The van der Waals surface area contributed by atoms with Crippen LogP contribution in [-0.2, 0) is 4.79 Å². The first kappa shape index (κ1) is 15.6. The van der Waals surface area contributed by atoms with Gasteiger partial charge in [0, 0.05) is 25.2 Å². The zero-order valence-electron chi connectivity index (χ0n) is 11.7. The molecule has 0 radical (unpaired) electrons. The van der Waals surface area contributed by atoms with E-state index in [1.54, 1.807) is 0 Å². The number of carbonyl (C=O) groups is 1. The van der Waals surface area contributed by atoms with Gasteiger partial charge in [-0.3, -0.25) is 4.79 Å². The molecular weight excluding hydrogens is 234 g/mol. The third-order valence-corrected chi connectivity index (χ3v) is 3.96. The van der Waals surface area contributed by atoms with Gasteiger partial charge in [-0.2, -0.15) is 0 Å². The summed E-state index contributed by atoms with van der Waals surface area (Å²) in [5, 5.41) is 0. The number of ketones is 1. The maximum Gasteiger partial charge on any atom is 0.248 e. The number of alkyl halides is 2. The molecule has 1 atom stereocenters. The van der Waals surface area contributed by atoms with Crippen molar-refractivity contribution in [3.8, 4) is 0 Å². The molecule has 18 heavy (non-hydrogen) atoms. The summed E-state index contributed by atoms with van der Waals surface area (Å²) >= 11 is 0. The van der Waals surface area contributed by atoms with Crippen molar-refractivity contribution >= 4 is 5.78 Å². The molecule has 0 saturated heterocycles. The van der Waals surface area contributed by atoms with E-state index in [2.05, 4.69) is 13.8 Å². The predicted molar refractivity (Wildman–Crippen MR) is 69.8 cm³/mol. The maximum absolute atomic E-state index is 13.3. The molecule has 1 aliphatic carbocycles. The van der Waals surface area contributed by atoms with Crippen molar-refractivity contribution in [2.24, 2.45) is 11.8 Å². The lowest BCUT2D eigenvalue weighted by Gasteiger charge is -2.29. The zero-order chi connectivity index (χ0) is 13.6. The molecule has 1 nitrogen and oxygen atoms in total. The number of halogens is 2. The summed E-state index contributed by atoms with van der Waals surface area (Å²) in [6.07, 6.45) is 5.48. The van der Waals surface area contributed by atoms with E-state index in [1.165, 1.54) is 0 Å². The van der Waals surface area contributed by atoms with E-state index in [0.717, 1.165) is 32.1 Å². The lowest BCUT2D eigenvalue weighted by Crippen LogP contribution is -2.28. The van der Waals surface area contributed by atoms with Crippen molar-refractivity contribution in [2.45, 2.75) is 77.6 Å². The average Bonchev–Trinajstić information content (AvgIpc) is 2.27. The smallest absolute Gasteiger partial charge is 0.248 e. The van der Waals surface area contributed by atoms with Crippen molar-refractivity contribution in [2.75, 3.05) is 0 Å². The van der Waals surface area contributed by atoms with Crippen LogP contribution in [0.1, 0.15) is 71.6 Å². The molecule has 0 aliphatic heterocycles. The molecule has 0 aromatic rings. The van der Waals surface area contributed by atoms with Crippen LogP contribution in [0.25, 0.3) is 0 Å². The summed E-state index contributed by atoms with van der Waals surface area (Å²) in [6.45, 7) is 4.15. The van der Waals surface area contributed by atoms with E-state index in [4.69, 9.17) is 0 Å². The highest BCUT2D eigenvalue weighted by molar-refractivity contribution is 5.81. The SMILES string of the molecule is CCCC(CCC)C(=O)CC1CCCC(F)(F)C1. The number of hydrogen-bond donors (Lipinski definition) is 0. The second-order valence-corrected chi connectivity index (χ2v) is 5.76. The van der Waals surface area contributed by atoms with Crippen LogP contribution in [0.4, 0.5) is 8.78 Å². The molecule has 106 valence electrons. The second-order valence-electron chi connectivity index (χ2n) is 5.76. The van der Waals surface area contributed by atoms with E-state index in [9.17, 15) is 13.6 Å². The summed E-state index contributed by atoms with van der Waals surface area (Å²) in [5.41, 5.74) is 0. The van der Waals surface area contributed by atoms with Gasteiger partial charge in [0.2, 0.25) is 5.92 Å².